The molecule has 1 aliphatic carbocycles. The first-order valence-corrected chi connectivity index (χ1v) is 6.97. The van der Waals surface area contributed by atoms with E-state index in [0.717, 1.165) is 18.2 Å². The number of aromatic nitrogens is 2. The Hall–Kier alpha value is -1.00. The molecule has 4 heteroatoms. The number of rotatable bonds is 5. The van der Waals surface area contributed by atoms with Crippen molar-refractivity contribution in [3.8, 4) is 0 Å². The summed E-state index contributed by atoms with van der Waals surface area (Å²) in [6.07, 6.45) is 10.3. The van der Waals surface area contributed by atoms with Gasteiger partial charge in [0.15, 0.2) is 0 Å². The van der Waals surface area contributed by atoms with Crippen LogP contribution >= 0.6 is 0 Å². The second-order valence-corrected chi connectivity index (χ2v) is 5.33. The van der Waals surface area contributed by atoms with E-state index in [2.05, 4.69) is 21.9 Å². The molecule has 100 valence electrons. The molecule has 1 aliphatic rings. The normalized spacial score (nSPS) is 19.1. The highest BCUT2D eigenvalue weighted by Crippen LogP contribution is 2.26. The summed E-state index contributed by atoms with van der Waals surface area (Å²) in [7, 11) is 2.16. The predicted molar refractivity (Wildman–Crippen MR) is 73.0 cm³/mol. The van der Waals surface area contributed by atoms with Crippen LogP contribution in [0.4, 0.5) is 0 Å². The summed E-state index contributed by atoms with van der Waals surface area (Å²) in [5, 5.41) is 0. The quantitative estimate of drug-likeness (QED) is 0.866. The Morgan fingerprint density at radius 2 is 2.17 bits per heavy atom. The van der Waals surface area contributed by atoms with Gasteiger partial charge in [-0.05, 0) is 31.9 Å². The van der Waals surface area contributed by atoms with Gasteiger partial charge < -0.3 is 5.73 Å². The maximum absolute atomic E-state index is 5.91. The van der Waals surface area contributed by atoms with Gasteiger partial charge in [0.05, 0.1) is 11.7 Å². The van der Waals surface area contributed by atoms with Crippen LogP contribution in [0, 0.1) is 5.92 Å². The van der Waals surface area contributed by atoms with Gasteiger partial charge in [-0.3, -0.25) is 4.90 Å². The number of hydrogen-bond donors (Lipinski definition) is 1. The summed E-state index contributed by atoms with van der Waals surface area (Å²) in [4.78, 5) is 10.7. The highest BCUT2D eigenvalue weighted by Gasteiger charge is 2.21. The zero-order valence-corrected chi connectivity index (χ0v) is 11.3. The van der Waals surface area contributed by atoms with Gasteiger partial charge in [-0.15, -0.1) is 0 Å². The van der Waals surface area contributed by atoms with Crippen LogP contribution in [0.2, 0.25) is 0 Å². The monoisotopic (exact) mass is 248 g/mol. The molecule has 4 nitrogen and oxygen atoms in total. The Balaban J connectivity index is 1.94. The Morgan fingerprint density at radius 3 is 2.78 bits per heavy atom. The first-order chi connectivity index (χ1) is 8.81. The van der Waals surface area contributed by atoms with E-state index in [0.29, 0.717) is 6.54 Å². The summed E-state index contributed by atoms with van der Waals surface area (Å²) in [5.41, 5.74) is 6.94. The highest BCUT2D eigenvalue weighted by molar-refractivity contribution is 5.05. The first kappa shape index (κ1) is 13.4. The number of hydrogen-bond acceptors (Lipinski definition) is 4. The van der Waals surface area contributed by atoms with E-state index in [1.54, 1.807) is 12.5 Å². The molecule has 1 atom stereocenters. The summed E-state index contributed by atoms with van der Waals surface area (Å²) >= 11 is 0. The average Bonchev–Trinajstić information content (AvgIpc) is 2.42. The van der Waals surface area contributed by atoms with Crippen LogP contribution in [0.25, 0.3) is 0 Å². The van der Waals surface area contributed by atoms with Crippen molar-refractivity contribution < 1.29 is 0 Å². The summed E-state index contributed by atoms with van der Waals surface area (Å²) in [6, 6.07) is 2.18. The number of nitrogens with zero attached hydrogens (tertiary/aromatic N) is 3. The van der Waals surface area contributed by atoms with E-state index in [1.807, 2.05) is 6.07 Å². The van der Waals surface area contributed by atoms with Crippen LogP contribution < -0.4 is 5.73 Å². The minimum Gasteiger partial charge on any atom is -0.329 e. The van der Waals surface area contributed by atoms with E-state index in [1.165, 1.54) is 32.1 Å². The third kappa shape index (κ3) is 3.50. The molecule has 0 aromatic carbocycles. The summed E-state index contributed by atoms with van der Waals surface area (Å²) in [5.74, 6) is 0.833. The topological polar surface area (TPSA) is 55.0 Å². The molecule has 1 heterocycles. The van der Waals surface area contributed by atoms with Gasteiger partial charge in [0.25, 0.3) is 0 Å². The molecule has 2 N–H and O–H groups in total. The summed E-state index contributed by atoms with van der Waals surface area (Å²) in [6.45, 7) is 1.74. The molecule has 0 spiro atoms. The van der Waals surface area contributed by atoms with Crippen molar-refractivity contribution in [3.05, 3.63) is 24.3 Å². The zero-order valence-electron chi connectivity index (χ0n) is 11.3. The van der Waals surface area contributed by atoms with Crippen molar-refractivity contribution in [1.82, 2.24) is 14.9 Å². The predicted octanol–water partition coefficient (Wildman–Crippen LogP) is 1.99. The van der Waals surface area contributed by atoms with Crippen molar-refractivity contribution in [2.75, 3.05) is 20.1 Å². The first-order valence-electron chi connectivity index (χ1n) is 6.97. The van der Waals surface area contributed by atoms with Gasteiger partial charge in [0.2, 0.25) is 0 Å². The molecule has 1 aromatic heterocycles. The third-order valence-electron chi connectivity index (χ3n) is 3.97. The second-order valence-electron chi connectivity index (χ2n) is 5.33. The number of likely N-dealkylation sites (N-methyl/N-ethyl adjacent to an activating group) is 1. The van der Waals surface area contributed by atoms with Crippen molar-refractivity contribution in [1.29, 1.82) is 0 Å². The van der Waals surface area contributed by atoms with Crippen LogP contribution in [0.3, 0.4) is 0 Å². The fourth-order valence-electron chi connectivity index (χ4n) is 2.93. The molecule has 0 bridgehead atoms. The smallest absolute Gasteiger partial charge is 0.115 e. The molecule has 0 aliphatic heterocycles. The maximum Gasteiger partial charge on any atom is 0.115 e. The fourth-order valence-corrected chi connectivity index (χ4v) is 2.93. The van der Waals surface area contributed by atoms with Crippen molar-refractivity contribution >= 4 is 0 Å². The standard InChI is InChI=1S/C14H24N4/c1-18(10-12-5-3-2-4-6-12)14(9-15)13-7-8-16-11-17-13/h7-8,11-12,14H,2-6,9-10,15H2,1H3. The minimum atomic E-state index is 0.218. The number of nitrogens with two attached hydrogens (primary N) is 1. The van der Waals surface area contributed by atoms with Crippen LogP contribution in [0.15, 0.2) is 18.6 Å². The van der Waals surface area contributed by atoms with Gasteiger partial charge in [-0.1, -0.05) is 19.3 Å². The third-order valence-corrected chi connectivity index (χ3v) is 3.97. The van der Waals surface area contributed by atoms with Crippen LogP contribution in [0.1, 0.15) is 43.8 Å². The zero-order chi connectivity index (χ0) is 12.8. The Kier molecular flexibility index (Phi) is 5.08. The van der Waals surface area contributed by atoms with E-state index >= 15 is 0 Å². The summed E-state index contributed by atoms with van der Waals surface area (Å²) < 4.78 is 0. The van der Waals surface area contributed by atoms with E-state index in [4.69, 9.17) is 5.73 Å². The van der Waals surface area contributed by atoms with Crippen LogP contribution in [0.5, 0.6) is 0 Å². The second kappa shape index (κ2) is 6.81. The Morgan fingerprint density at radius 1 is 1.39 bits per heavy atom. The fraction of sp³-hybridized carbons (Fsp3) is 0.714. The Labute approximate surface area is 110 Å². The minimum absolute atomic E-state index is 0.218. The molecule has 1 aromatic rings. The van der Waals surface area contributed by atoms with E-state index < -0.39 is 0 Å². The molecule has 1 saturated carbocycles. The SMILES string of the molecule is CN(CC1CCCCC1)C(CN)c1ccncn1. The molecule has 1 fully saturated rings. The van der Waals surface area contributed by atoms with E-state index in [9.17, 15) is 0 Å². The lowest BCUT2D eigenvalue weighted by atomic mass is 9.88. The molecule has 0 amide bonds. The van der Waals surface area contributed by atoms with Crippen molar-refractivity contribution in [3.63, 3.8) is 0 Å². The molecule has 1 unspecified atom stereocenters. The molecule has 0 saturated heterocycles. The lowest BCUT2D eigenvalue weighted by Crippen LogP contribution is -2.35. The van der Waals surface area contributed by atoms with E-state index in [-0.39, 0.29) is 6.04 Å². The molecular formula is C14H24N4. The van der Waals surface area contributed by atoms with Gasteiger partial charge in [-0.2, -0.15) is 0 Å². The lowest BCUT2D eigenvalue weighted by molar-refractivity contribution is 0.183. The highest BCUT2D eigenvalue weighted by atomic mass is 15.2. The lowest BCUT2D eigenvalue weighted by Gasteiger charge is -2.31. The van der Waals surface area contributed by atoms with Gasteiger partial charge in [-0.25, -0.2) is 9.97 Å². The molecule has 2 rings (SSSR count). The van der Waals surface area contributed by atoms with Crippen LogP contribution in [-0.2, 0) is 0 Å². The maximum atomic E-state index is 5.91. The molecule has 0 radical (unpaired) electrons. The van der Waals surface area contributed by atoms with Crippen LogP contribution in [-0.4, -0.2) is 35.0 Å². The van der Waals surface area contributed by atoms with Crippen molar-refractivity contribution in [2.24, 2.45) is 11.7 Å². The largest absolute Gasteiger partial charge is 0.329 e. The Bertz CT molecular complexity index is 335. The van der Waals surface area contributed by atoms with Gasteiger partial charge in [0.1, 0.15) is 6.33 Å². The van der Waals surface area contributed by atoms with Crippen molar-refractivity contribution in [2.45, 2.75) is 38.1 Å². The average molecular weight is 248 g/mol. The molecular weight excluding hydrogens is 224 g/mol. The molecule has 18 heavy (non-hydrogen) atoms. The van der Waals surface area contributed by atoms with Gasteiger partial charge in [0, 0.05) is 19.3 Å². The van der Waals surface area contributed by atoms with Gasteiger partial charge >= 0.3 is 0 Å².